The van der Waals surface area contributed by atoms with Crippen molar-refractivity contribution in [2.24, 2.45) is 0 Å². The van der Waals surface area contributed by atoms with E-state index in [9.17, 15) is 4.39 Å². The molecule has 1 N–H and O–H groups in total. The number of para-hydroxylation sites is 1. The van der Waals surface area contributed by atoms with Crippen LogP contribution in [0.1, 0.15) is 18.7 Å². The molecular weight excluding hydrogens is 261 g/mol. The van der Waals surface area contributed by atoms with Gasteiger partial charge in [0.25, 0.3) is 0 Å². The summed E-state index contributed by atoms with van der Waals surface area (Å²) >= 11 is 0. The first-order chi connectivity index (χ1) is 9.79. The van der Waals surface area contributed by atoms with E-state index in [-0.39, 0.29) is 18.0 Å². The van der Waals surface area contributed by atoms with E-state index in [1.807, 2.05) is 19.1 Å². The molecule has 2 heterocycles. The van der Waals surface area contributed by atoms with Gasteiger partial charge in [-0.2, -0.15) is 0 Å². The van der Waals surface area contributed by atoms with Gasteiger partial charge in [-0.15, -0.1) is 0 Å². The van der Waals surface area contributed by atoms with Gasteiger partial charge in [0.2, 0.25) is 0 Å². The molecule has 20 heavy (non-hydrogen) atoms. The molecule has 1 saturated heterocycles. The molecule has 4 nitrogen and oxygen atoms in total. The van der Waals surface area contributed by atoms with Crippen LogP contribution in [0.25, 0.3) is 11.0 Å². The van der Waals surface area contributed by atoms with E-state index in [2.05, 4.69) is 5.32 Å². The average Bonchev–Trinajstić information content (AvgIpc) is 2.91. The fourth-order valence-corrected chi connectivity index (χ4v) is 2.53. The number of hydrogen-bond donors (Lipinski definition) is 1. The van der Waals surface area contributed by atoms with Crippen molar-refractivity contribution in [2.45, 2.75) is 19.1 Å². The Balaban J connectivity index is 1.93. The zero-order valence-corrected chi connectivity index (χ0v) is 11.4. The number of rotatable bonds is 4. The molecule has 0 bridgehead atoms. The molecule has 1 aliphatic rings. The highest BCUT2D eigenvalue weighted by molar-refractivity contribution is 5.78. The minimum absolute atomic E-state index is 0.118. The number of hydrogen-bond acceptors (Lipinski definition) is 4. The van der Waals surface area contributed by atoms with Gasteiger partial charge in [-0.1, -0.05) is 19.1 Å². The molecule has 0 radical (unpaired) electrons. The van der Waals surface area contributed by atoms with Crippen LogP contribution >= 0.6 is 0 Å². The van der Waals surface area contributed by atoms with Gasteiger partial charge in [-0.25, -0.2) is 4.39 Å². The van der Waals surface area contributed by atoms with E-state index in [1.54, 1.807) is 6.07 Å². The fourth-order valence-electron chi connectivity index (χ4n) is 2.53. The zero-order chi connectivity index (χ0) is 13.9. The molecule has 0 spiro atoms. The van der Waals surface area contributed by atoms with Crippen molar-refractivity contribution < 1.29 is 18.3 Å². The van der Waals surface area contributed by atoms with Crippen molar-refractivity contribution in [2.75, 3.05) is 26.4 Å². The largest absolute Gasteiger partial charge is 0.456 e. The third-order valence-electron chi connectivity index (χ3n) is 3.46. The van der Waals surface area contributed by atoms with E-state index >= 15 is 0 Å². The van der Waals surface area contributed by atoms with Crippen LogP contribution < -0.4 is 5.32 Å². The minimum Gasteiger partial charge on any atom is -0.456 e. The lowest BCUT2D eigenvalue weighted by molar-refractivity contribution is -0.104. The number of fused-ring (bicyclic) bond motifs is 1. The lowest BCUT2D eigenvalue weighted by Gasteiger charge is -2.29. The lowest BCUT2D eigenvalue weighted by Crippen LogP contribution is -2.40. The number of benzene rings is 1. The second-order valence-corrected chi connectivity index (χ2v) is 4.83. The Morgan fingerprint density at radius 2 is 2.30 bits per heavy atom. The van der Waals surface area contributed by atoms with Crippen LogP contribution in [0, 0.1) is 5.82 Å². The van der Waals surface area contributed by atoms with Gasteiger partial charge < -0.3 is 19.2 Å². The molecule has 0 saturated carbocycles. The van der Waals surface area contributed by atoms with Gasteiger partial charge in [0, 0.05) is 5.39 Å². The summed E-state index contributed by atoms with van der Waals surface area (Å²) in [6.07, 6.45) is -0.118. The highest BCUT2D eigenvalue weighted by Gasteiger charge is 2.29. The Bertz CT molecular complexity index is 578. The van der Waals surface area contributed by atoms with Crippen LogP contribution in [0.5, 0.6) is 0 Å². The average molecular weight is 279 g/mol. The van der Waals surface area contributed by atoms with Gasteiger partial charge in [-0.05, 0) is 18.7 Å². The first kappa shape index (κ1) is 13.5. The van der Waals surface area contributed by atoms with Crippen LogP contribution in [0.4, 0.5) is 4.39 Å². The molecule has 1 aromatic heterocycles. The van der Waals surface area contributed by atoms with Crippen molar-refractivity contribution in [3.8, 4) is 0 Å². The van der Waals surface area contributed by atoms with Gasteiger partial charge in [0.1, 0.15) is 11.9 Å². The predicted molar refractivity (Wildman–Crippen MR) is 73.1 cm³/mol. The monoisotopic (exact) mass is 279 g/mol. The normalized spacial score (nSPS) is 21.2. The molecule has 2 aromatic rings. The molecule has 1 aromatic carbocycles. The second kappa shape index (κ2) is 5.91. The fraction of sp³-hybridized carbons (Fsp3) is 0.467. The maximum Gasteiger partial charge on any atom is 0.169 e. The quantitative estimate of drug-likeness (QED) is 0.934. The molecule has 5 heteroatoms. The van der Waals surface area contributed by atoms with E-state index in [0.29, 0.717) is 31.2 Å². The summed E-state index contributed by atoms with van der Waals surface area (Å²) in [5.74, 6) is 0.340. The van der Waals surface area contributed by atoms with Crippen LogP contribution in [0.2, 0.25) is 0 Å². The Labute approximate surface area is 116 Å². The van der Waals surface area contributed by atoms with Gasteiger partial charge >= 0.3 is 0 Å². The van der Waals surface area contributed by atoms with Crippen molar-refractivity contribution in [3.05, 3.63) is 35.8 Å². The maximum absolute atomic E-state index is 13.7. The van der Waals surface area contributed by atoms with E-state index < -0.39 is 0 Å². The molecule has 108 valence electrons. The maximum atomic E-state index is 13.7. The highest BCUT2D eigenvalue weighted by Crippen LogP contribution is 2.29. The first-order valence-corrected chi connectivity index (χ1v) is 6.90. The Morgan fingerprint density at radius 1 is 1.40 bits per heavy atom. The smallest absolute Gasteiger partial charge is 0.169 e. The van der Waals surface area contributed by atoms with Crippen LogP contribution in [0.15, 0.2) is 28.7 Å². The molecule has 3 rings (SSSR count). The molecule has 0 aliphatic carbocycles. The standard InChI is InChI=1S/C15H18FNO3/c1-2-17-14(13-9-18-6-7-19-13)12-8-10-4-3-5-11(16)15(10)20-12/h3-5,8,13-14,17H,2,6-7,9H2,1H3. The second-order valence-electron chi connectivity index (χ2n) is 4.83. The Hall–Kier alpha value is -1.43. The summed E-state index contributed by atoms with van der Waals surface area (Å²) < 4.78 is 30.6. The summed E-state index contributed by atoms with van der Waals surface area (Å²) in [6.45, 7) is 4.48. The highest BCUT2D eigenvalue weighted by atomic mass is 19.1. The molecular formula is C15H18FNO3. The number of halogens is 1. The molecule has 0 amide bonds. The van der Waals surface area contributed by atoms with Crippen molar-refractivity contribution in [1.82, 2.24) is 5.32 Å². The van der Waals surface area contributed by atoms with E-state index in [0.717, 1.165) is 11.9 Å². The van der Waals surface area contributed by atoms with E-state index in [1.165, 1.54) is 6.07 Å². The molecule has 1 fully saturated rings. The summed E-state index contributed by atoms with van der Waals surface area (Å²) in [4.78, 5) is 0. The topological polar surface area (TPSA) is 43.6 Å². The predicted octanol–water partition coefficient (Wildman–Crippen LogP) is 2.64. The van der Waals surface area contributed by atoms with Gasteiger partial charge in [0.15, 0.2) is 11.4 Å². The first-order valence-electron chi connectivity index (χ1n) is 6.90. The SMILES string of the molecule is CCNC(c1cc2cccc(F)c2o1)C1COCCO1. The summed E-state index contributed by atoms with van der Waals surface area (Å²) in [5, 5.41) is 4.09. The summed E-state index contributed by atoms with van der Waals surface area (Å²) in [7, 11) is 0. The van der Waals surface area contributed by atoms with Gasteiger partial charge in [-0.3, -0.25) is 0 Å². The Morgan fingerprint density at radius 3 is 3.00 bits per heavy atom. The van der Waals surface area contributed by atoms with Crippen LogP contribution in [0.3, 0.4) is 0 Å². The molecule has 1 aliphatic heterocycles. The number of ether oxygens (including phenoxy) is 2. The lowest BCUT2D eigenvalue weighted by atomic mass is 10.1. The molecule has 2 atom stereocenters. The Kier molecular flexibility index (Phi) is 4.00. The number of likely N-dealkylation sites (N-methyl/N-ethyl adjacent to an activating group) is 1. The third-order valence-corrected chi connectivity index (χ3v) is 3.46. The van der Waals surface area contributed by atoms with Crippen LogP contribution in [-0.4, -0.2) is 32.5 Å². The van der Waals surface area contributed by atoms with Crippen molar-refractivity contribution in [3.63, 3.8) is 0 Å². The zero-order valence-electron chi connectivity index (χ0n) is 11.4. The molecule has 2 unspecified atom stereocenters. The summed E-state index contributed by atoms with van der Waals surface area (Å²) in [5.41, 5.74) is 0.294. The number of furan rings is 1. The minimum atomic E-state index is -0.343. The van der Waals surface area contributed by atoms with Crippen LogP contribution in [-0.2, 0) is 9.47 Å². The number of nitrogens with one attached hydrogen (secondary N) is 1. The third kappa shape index (κ3) is 2.57. The summed E-state index contributed by atoms with van der Waals surface area (Å²) in [6, 6.07) is 6.65. The van der Waals surface area contributed by atoms with Gasteiger partial charge in [0.05, 0.1) is 25.9 Å². The van der Waals surface area contributed by atoms with Crippen molar-refractivity contribution in [1.29, 1.82) is 0 Å². The van der Waals surface area contributed by atoms with Crippen molar-refractivity contribution >= 4 is 11.0 Å². The van der Waals surface area contributed by atoms with E-state index in [4.69, 9.17) is 13.9 Å².